The van der Waals surface area contributed by atoms with Crippen LogP contribution in [0.2, 0.25) is 0 Å². The van der Waals surface area contributed by atoms with E-state index in [4.69, 9.17) is 4.74 Å². The molecule has 8 heteroatoms. The van der Waals surface area contributed by atoms with Gasteiger partial charge < -0.3 is 4.74 Å². The Balaban J connectivity index is 1.64. The normalized spacial score (nSPS) is 11.2. The number of halogens is 1. The van der Waals surface area contributed by atoms with Crippen LogP contribution in [-0.2, 0) is 16.0 Å². The van der Waals surface area contributed by atoms with E-state index in [0.717, 1.165) is 10.1 Å². The van der Waals surface area contributed by atoms with Gasteiger partial charge in [0, 0.05) is 15.6 Å². The molecule has 1 aromatic carbocycles. The maximum atomic E-state index is 14.0. The van der Waals surface area contributed by atoms with Gasteiger partial charge in [0.1, 0.15) is 5.82 Å². The van der Waals surface area contributed by atoms with Crippen LogP contribution in [-0.4, -0.2) is 23.8 Å². The van der Waals surface area contributed by atoms with Crippen molar-refractivity contribution in [2.75, 3.05) is 12.0 Å². The van der Waals surface area contributed by atoms with Gasteiger partial charge in [-0.25, -0.2) is 9.37 Å². The van der Waals surface area contributed by atoms with Crippen molar-refractivity contribution in [3.8, 4) is 0 Å². The van der Waals surface area contributed by atoms with E-state index in [1.807, 2.05) is 11.4 Å². The molecule has 124 valence electrons. The number of aromatic nitrogens is 1. The van der Waals surface area contributed by atoms with Gasteiger partial charge in [0.05, 0.1) is 24.9 Å². The molecule has 0 spiro atoms. The van der Waals surface area contributed by atoms with Gasteiger partial charge in [0.15, 0.2) is 0 Å². The third-order valence-corrected chi connectivity index (χ3v) is 4.79. The van der Waals surface area contributed by atoms with Crippen LogP contribution in [0.25, 0.3) is 10.1 Å². The minimum absolute atomic E-state index is 0.124. The number of nitrogens with zero attached hydrogens (tertiary/aromatic N) is 2. The lowest BCUT2D eigenvalue weighted by atomic mass is 10.2. The first-order valence-electron chi connectivity index (χ1n) is 7.21. The van der Waals surface area contributed by atoms with Gasteiger partial charge >= 0.3 is 5.97 Å². The zero-order valence-corrected chi connectivity index (χ0v) is 14.4. The molecule has 0 saturated heterocycles. The Kier molecular flexibility index (Phi) is 5.17. The summed E-state index contributed by atoms with van der Waals surface area (Å²) in [6, 6.07) is 5.13. The zero-order valence-electron chi connectivity index (χ0n) is 12.8. The molecule has 0 aliphatic rings. The Bertz CT molecular complexity index is 888. The highest BCUT2D eigenvalue weighted by atomic mass is 32.1. The second kappa shape index (κ2) is 7.50. The SMILES string of the molecule is CCOC(=O)Cc1csc(NN=Cc2cc3sccc3cc2F)n1. The van der Waals surface area contributed by atoms with Gasteiger partial charge in [-0.15, -0.1) is 22.7 Å². The summed E-state index contributed by atoms with van der Waals surface area (Å²) in [6.07, 6.45) is 1.54. The first kappa shape index (κ1) is 16.5. The minimum Gasteiger partial charge on any atom is -0.466 e. The van der Waals surface area contributed by atoms with Crippen molar-refractivity contribution in [3.05, 3.63) is 46.0 Å². The molecule has 0 atom stereocenters. The highest BCUT2D eigenvalue weighted by Crippen LogP contribution is 2.23. The lowest BCUT2D eigenvalue weighted by Crippen LogP contribution is -2.07. The summed E-state index contributed by atoms with van der Waals surface area (Å²) in [5.74, 6) is -0.641. The maximum absolute atomic E-state index is 14.0. The summed E-state index contributed by atoms with van der Waals surface area (Å²) in [7, 11) is 0. The first-order valence-corrected chi connectivity index (χ1v) is 8.97. The molecule has 0 aliphatic heterocycles. The maximum Gasteiger partial charge on any atom is 0.311 e. The molecule has 2 heterocycles. The monoisotopic (exact) mass is 363 g/mol. The Morgan fingerprint density at radius 3 is 3.17 bits per heavy atom. The predicted molar refractivity (Wildman–Crippen MR) is 95.5 cm³/mol. The summed E-state index contributed by atoms with van der Waals surface area (Å²) in [5.41, 5.74) is 3.77. The quantitative estimate of drug-likeness (QED) is 0.408. The number of fused-ring (bicyclic) bond motifs is 1. The van der Waals surface area contributed by atoms with Crippen LogP contribution in [0.1, 0.15) is 18.2 Å². The van der Waals surface area contributed by atoms with Crippen molar-refractivity contribution in [1.82, 2.24) is 4.98 Å². The number of thiazole rings is 1. The molecule has 24 heavy (non-hydrogen) atoms. The molecule has 0 unspecified atom stereocenters. The molecule has 1 N–H and O–H groups in total. The average molecular weight is 363 g/mol. The summed E-state index contributed by atoms with van der Waals surface area (Å²) >= 11 is 2.87. The molecule has 2 aromatic heterocycles. The van der Waals surface area contributed by atoms with E-state index < -0.39 is 0 Å². The third kappa shape index (κ3) is 3.95. The molecule has 5 nitrogen and oxygen atoms in total. The number of hydrogen-bond donors (Lipinski definition) is 1. The molecule has 0 saturated carbocycles. The molecular weight excluding hydrogens is 349 g/mol. The number of carbonyl (C=O) groups excluding carboxylic acids is 1. The number of esters is 1. The van der Waals surface area contributed by atoms with E-state index in [0.29, 0.717) is 23.0 Å². The minimum atomic E-state index is -0.325. The predicted octanol–water partition coefficient (Wildman–Crippen LogP) is 4.05. The highest BCUT2D eigenvalue weighted by molar-refractivity contribution is 7.17. The van der Waals surface area contributed by atoms with Gasteiger partial charge in [-0.3, -0.25) is 10.2 Å². The lowest BCUT2D eigenvalue weighted by molar-refractivity contribution is -0.142. The molecule has 0 fully saturated rings. The van der Waals surface area contributed by atoms with E-state index in [1.165, 1.54) is 23.6 Å². The van der Waals surface area contributed by atoms with Crippen molar-refractivity contribution in [1.29, 1.82) is 0 Å². The van der Waals surface area contributed by atoms with Crippen LogP contribution in [0.5, 0.6) is 0 Å². The standard InChI is InChI=1S/C16H14FN3O2S2/c1-2-22-15(21)7-12-9-24-16(19-12)20-18-8-11-6-14-10(3-4-23-14)5-13(11)17/h3-6,8-9H,2,7H2,1H3,(H,19,20). The lowest BCUT2D eigenvalue weighted by Gasteiger charge is -1.99. The highest BCUT2D eigenvalue weighted by Gasteiger charge is 2.08. The summed E-state index contributed by atoms with van der Waals surface area (Å²) in [4.78, 5) is 15.6. The van der Waals surface area contributed by atoms with Crippen molar-refractivity contribution in [2.24, 2.45) is 5.10 Å². The topological polar surface area (TPSA) is 63.6 Å². The number of thiophene rings is 1. The number of rotatable bonds is 6. The molecule has 3 rings (SSSR count). The smallest absolute Gasteiger partial charge is 0.311 e. The van der Waals surface area contributed by atoms with Crippen LogP contribution >= 0.6 is 22.7 Å². The molecule has 0 aliphatic carbocycles. The van der Waals surface area contributed by atoms with Crippen molar-refractivity contribution in [3.63, 3.8) is 0 Å². The Hall–Kier alpha value is -2.32. The zero-order chi connectivity index (χ0) is 16.9. The fraction of sp³-hybridized carbons (Fsp3) is 0.188. The van der Waals surface area contributed by atoms with Crippen LogP contribution in [0.4, 0.5) is 9.52 Å². The number of nitrogens with one attached hydrogen (secondary N) is 1. The second-order valence-electron chi connectivity index (χ2n) is 4.83. The van der Waals surface area contributed by atoms with Gasteiger partial charge in [-0.05, 0) is 35.9 Å². The Morgan fingerprint density at radius 2 is 2.33 bits per heavy atom. The fourth-order valence-electron chi connectivity index (χ4n) is 2.05. The second-order valence-corrected chi connectivity index (χ2v) is 6.63. The van der Waals surface area contributed by atoms with Gasteiger partial charge in [-0.1, -0.05) is 0 Å². The van der Waals surface area contributed by atoms with Crippen LogP contribution in [0.15, 0.2) is 34.1 Å². The number of benzene rings is 1. The number of anilines is 1. The van der Waals surface area contributed by atoms with Crippen LogP contribution < -0.4 is 5.43 Å². The molecule has 0 radical (unpaired) electrons. The van der Waals surface area contributed by atoms with E-state index in [9.17, 15) is 9.18 Å². The van der Waals surface area contributed by atoms with Gasteiger partial charge in [0.25, 0.3) is 0 Å². The Labute approximate surface area is 145 Å². The van der Waals surface area contributed by atoms with Crippen molar-refractivity contribution >= 4 is 50.1 Å². The van der Waals surface area contributed by atoms with E-state index >= 15 is 0 Å². The van der Waals surface area contributed by atoms with Gasteiger partial charge in [0.2, 0.25) is 5.13 Å². The number of hydrogen-bond acceptors (Lipinski definition) is 7. The molecule has 0 bridgehead atoms. The summed E-state index contributed by atoms with van der Waals surface area (Å²) < 4.78 is 19.8. The first-order chi connectivity index (χ1) is 11.7. The number of ether oxygens (including phenoxy) is 1. The average Bonchev–Trinajstić information content (AvgIpc) is 3.16. The summed E-state index contributed by atoms with van der Waals surface area (Å²) in [6.45, 7) is 2.10. The van der Waals surface area contributed by atoms with Crippen molar-refractivity contribution < 1.29 is 13.9 Å². The van der Waals surface area contributed by atoms with Crippen molar-refractivity contribution in [2.45, 2.75) is 13.3 Å². The fourth-order valence-corrected chi connectivity index (χ4v) is 3.53. The third-order valence-electron chi connectivity index (χ3n) is 3.12. The summed E-state index contributed by atoms with van der Waals surface area (Å²) in [5, 5.41) is 9.10. The molecule has 3 aromatic rings. The van der Waals surface area contributed by atoms with Gasteiger partial charge in [-0.2, -0.15) is 5.10 Å². The van der Waals surface area contributed by atoms with E-state index in [2.05, 4.69) is 15.5 Å². The van der Waals surface area contributed by atoms with E-state index in [-0.39, 0.29) is 18.2 Å². The van der Waals surface area contributed by atoms with E-state index in [1.54, 1.807) is 29.7 Å². The number of hydrazone groups is 1. The Morgan fingerprint density at radius 1 is 1.46 bits per heavy atom. The van der Waals surface area contributed by atoms with Crippen LogP contribution in [0, 0.1) is 5.82 Å². The largest absolute Gasteiger partial charge is 0.466 e. The molecule has 0 amide bonds. The van der Waals surface area contributed by atoms with Crippen LogP contribution in [0.3, 0.4) is 0 Å². The number of carbonyl (C=O) groups is 1. The molecular formula is C16H14FN3O2S2.